The molecule has 0 spiro atoms. The van der Waals surface area contributed by atoms with Gasteiger partial charge in [0.15, 0.2) is 5.78 Å². The number of piperazine rings is 1. The van der Waals surface area contributed by atoms with Gasteiger partial charge >= 0.3 is 0 Å². The molecule has 0 saturated carbocycles. The monoisotopic (exact) mass is 193 g/mol. The molecule has 0 aliphatic carbocycles. The first-order valence-electron chi connectivity index (χ1n) is 4.96. The zero-order chi connectivity index (χ0) is 9.80. The highest BCUT2D eigenvalue weighted by molar-refractivity contribution is 5.95. The van der Waals surface area contributed by atoms with Crippen LogP contribution in [0.5, 0.6) is 0 Å². The molecule has 0 radical (unpaired) electrons. The van der Waals surface area contributed by atoms with Crippen LogP contribution in [-0.2, 0) is 0 Å². The zero-order valence-corrected chi connectivity index (χ0v) is 8.12. The number of carbonyl (C=O) groups excluding carboxylic acids is 1. The summed E-state index contributed by atoms with van der Waals surface area (Å²) in [7, 11) is 0. The molecule has 2 N–H and O–H groups in total. The van der Waals surface area contributed by atoms with E-state index >= 15 is 0 Å². The number of carbonyl (C=O) groups is 1. The van der Waals surface area contributed by atoms with Crippen LogP contribution in [0.3, 0.4) is 0 Å². The van der Waals surface area contributed by atoms with Gasteiger partial charge in [-0.15, -0.1) is 0 Å². The van der Waals surface area contributed by atoms with Crippen molar-refractivity contribution in [1.29, 1.82) is 0 Å². The minimum absolute atomic E-state index is 0.178. The smallest absolute Gasteiger partial charge is 0.192 e. The van der Waals surface area contributed by atoms with Crippen LogP contribution >= 0.6 is 0 Å². The van der Waals surface area contributed by atoms with Gasteiger partial charge in [0.2, 0.25) is 0 Å². The molecule has 1 fully saturated rings. The Morgan fingerprint density at radius 2 is 2.21 bits per heavy atom. The number of aromatic amines is 1. The molecule has 2 rings (SSSR count). The highest BCUT2D eigenvalue weighted by Crippen LogP contribution is 1.99. The van der Waals surface area contributed by atoms with Crippen LogP contribution < -0.4 is 5.32 Å². The minimum Gasteiger partial charge on any atom is -0.359 e. The summed E-state index contributed by atoms with van der Waals surface area (Å²) in [5, 5.41) is 3.26. The van der Waals surface area contributed by atoms with Crippen molar-refractivity contribution < 1.29 is 4.79 Å². The van der Waals surface area contributed by atoms with E-state index in [9.17, 15) is 4.79 Å². The zero-order valence-electron chi connectivity index (χ0n) is 8.12. The molecule has 0 amide bonds. The van der Waals surface area contributed by atoms with Crippen LogP contribution in [0.1, 0.15) is 10.5 Å². The Morgan fingerprint density at radius 1 is 1.43 bits per heavy atom. The van der Waals surface area contributed by atoms with E-state index in [1.807, 2.05) is 12.1 Å². The number of hydrogen-bond acceptors (Lipinski definition) is 3. The molecule has 0 bridgehead atoms. The fourth-order valence-electron chi connectivity index (χ4n) is 1.66. The third-order valence-corrected chi connectivity index (χ3v) is 2.48. The molecule has 76 valence electrons. The maximum atomic E-state index is 11.7. The molecule has 0 unspecified atom stereocenters. The first-order chi connectivity index (χ1) is 6.86. The Hall–Kier alpha value is -1.13. The van der Waals surface area contributed by atoms with Crippen molar-refractivity contribution in [3.05, 3.63) is 24.0 Å². The molecule has 14 heavy (non-hydrogen) atoms. The lowest BCUT2D eigenvalue weighted by molar-refractivity contribution is 0.0917. The Labute approximate surface area is 83.3 Å². The largest absolute Gasteiger partial charge is 0.359 e. The van der Waals surface area contributed by atoms with Gasteiger partial charge in [-0.25, -0.2) is 0 Å². The summed E-state index contributed by atoms with van der Waals surface area (Å²) in [4.78, 5) is 16.8. The SMILES string of the molecule is O=C(CN1CCNCC1)c1ccc[nH]1. The second kappa shape index (κ2) is 4.39. The van der Waals surface area contributed by atoms with Crippen LogP contribution in [0, 0.1) is 0 Å². The van der Waals surface area contributed by atoms with E-state index in [0.29, 0.717) is 12.2 Å². The second-order valence-corrected chi connectivity index (χ2v) is 3.53. The average molecular weight is 193 g/mol. The molecule has 0 atom stereocenters. The van der Waals surface area contributed by atoms with Crippen LogP contribution in [0.15, 0.2) is 18.3 Å². The second-order valence-electron chi connectivity index (χ2n) is 3.53. The number of nitrogens with zero attached hydrogens (tertiary/aromatic N) is 1. The van der Waals surface area contributed by atoms with Crippen LogP contribution in [0.4, 0.5) is 0 Å². The quantitative estimate of drug-likeness (QED) is 0.669. The average Bonchev–Trinajstić information content (AvgIpc) is 2.72. The van der Waals surface area contributed by atoms with Gasteiger partial charge in [-0.3, -0.25) is 9.69 Å². The summed E-state index contributed by atoms with van der Waals surface area (Å²) in [5.41, 5.74) is 0.712. The van der Waals surface area contributed by atoms with Gasteiger partial charge in [0.05, 0.1) is 12.2 Å². The number of H-pyrrole nitrogens is 1. The summed E-state index contributed by atoms with van der Waals surface area (Å²) in [6.45, 7) is 4.43. The third-order valence-electron chi connectivity index (χ3n) is 2.48. The first-order valence-corrected chi connectivity index (χ1v) is 4.96. The van der Waals surface area contributed by atoms with Gasteiger partial charge in [0.25, 0.3) is 0 Å². The van der Waals surface area contributed by atoms with Crippen molar-refractivity contribution in [1.82, 2.24) is 15.2 Å². The molecule has 1 aromatic rings. The summed E-state index contributed by atoms with van der Waals surface area (Å²) >= 11 is 0. The van der Waals surface area contributed by atoms with E-state index in [4.69, 9.17) is 0 Å². The topological polar surface area (TPSA) is 48.1 Å². The van der Waals surface area contributed by atoms with E-state index < -0.39 is 0 Å². The molecule has 1 aliphatic rings. The molecule has 4 heteroatoms. The number of rotatable bonds is 3. The summed E-state index contributed by atoms with van der Waals surface area (Å²) in [6.07, 6.45) is 1.78. The lowest BCUT2D eigenvalue weighted by Crippen LogP contribution is -2.45. The van der Waals surface area contributed by atoms with Gasteiger partial charge in [-0.1, -0.05) is 0 Å². The molecule has 4 nitrogen and oxygen atoms in total. The Morgan fingerprint density at radius 3 is 2.86 bits per heavy atom. The van der Waals surface area contributed by atoms with Crippen molar-refractivity contribution in [2.24, 2.45) is 0 Å². The van der Waals surface area contributed by atoms with Crippen LogP contribution in [-0.4, -0.2) is 48.4 Å². The summed E-state index contributed by atoms with van der Waals surface area (Å²) < 4.78 is 0. The van der Waals surface area contributed by atoms with E-state index in [2.05, 4.69) is 15.2 Å². The standard InChI is InChI=1S/C10H15N3O/c14-10(9-2-1-3-12-9)8-13-6-4-11-5-7-13/h1-3,11-12H,4-8H2. The maximum Gasteiger partial charge on any atom is 0.192 e. The fraction of sp³-hybridized carbons (Fsp3) is 0.500. The lowest BCUT2D eigenvalue weighted by atomic mass is 10.2. The number of nitrogens with one attached hydrogen (secondary N) is 2. The number of hydrogen-bond donors (Lipinski definition) is 2. The third kappa shape index (κ3) is 2.21. The van der Waals surface area contributed by atoms with Crippen molar-refractivity contribution in [3.8, 4) is 0 Å². The lowest BCUT2D eigenvalue weighted by Gasteiger charge is -2.26. The van der Waals surface area contributed by atoms with E-state index in [1.165, 1.54) is 0 Å². The molecule has 2 heterocycles. The molecule has 1 saturated heterocycles. The predicted molar refractivity (Wildman–Crippen MR) is 54.4 cm³/mol. The first kappa shape index (κ1) is 9.43. The maximum absolute atomic E-state index is 11.7. The van der Waals surface area contributed by atoms with Gasteiger partial charge in [0, 0.05) is 32.4 Å². The van der Waals surface area contributed by atoms with Crippen LogP contribution in [0.25, 0.3) is 0 Å². The van der Waals surface area contributed by atoms with E-state index in [1.54, 1.807) is 6.20 Å². The normalized spacial score (nSPS) is 18.3. The highest BCUT2D eigenvalue weighted by atomic mass is 16.1. The number of Topliss-reactive ketones (excluding diaryl/α,β-unsaturated/α-hetero) is 1. The van der Waals surface area contributed by atoms with Crippen molar-refractivity contribution in [3.63, 3.8) is 0 Å². The van der Waals surface area contributed by atoms with E-state index in [-0.39, 0.29) is 5.78 Å². The number of aromatic nitrogens is 1. The summed E-state index contributed by atoms with van der Waals surface area (Å²) in [6, 6.07) is 3.68. The van der Waals surface area contributed by atoms with Crippen molar-refractivity contribution >= 4 is 5.78 Å². The Bertz CT molecular complexity index is 288. The summed E-state index contributed by atoms with van der Waals surface area (Å²) in [5.74, 6) is 0.178. The van der Waals surface area contributed by atoms with Crippen molar-refractivity contribution in [2.75, 3.05) is 32.7 Å². The fourth-order valence-corrected chi connectivity index (χ4v) is 1.66. The predicted octanol–water partition coefficient (Wildman–Crippen LogP) is 0.103. The number of ketones is 1. The van der Waals surface area contributed by atoms with E-state index in [0.717, 1.165) is 26.2 Å². The molecular formula is C10H15N3O. The Balaban J connectivity index is 1.87. The molecule has 1 aliphatic heterocycles. The molecular weight excluding hydrogens is 178 g/mol. The van der Waals surface area contributed by atoms with Gasteiger partial charge in [-0.05, 0) is 12.1 Å². The molecule has 0 aromatic carbocycles. The molecule has 1 aromatic heterocycles. The van der Waals surface area contributed by atoms with Crippen LogP contribution in [0.2, 0.25) is 0 Å². The van der Waals surface area contributed by atoms with Crippen molar-refractivity contribution in [2.45, 2.75) is 0 Å². The Kier molecular flexibility index (Phi) is 2.96. The van der Waals surface area contributed by atoms with Gasteiger partial charge in [0.1, 0.15) is 0 Å². The van der Waals surface area contributed by atoms with Gasteiger partial charge in [-0.2, -0.15) is 0 Å². The van der Waals surface area contributed by atoms with Gasteiger partial charge < -0.3 is 10.3 Å². The minimum atomic E-state index is 0.178. The highest BCUT2D eigenvalue weighted by Gasteiger charge is 2.14.